The van der Waals surface area contributed by atoms with E-state index in [1.54, 1.807) is 0 Å². The third kappa shape index (κ3) is 2.92. The maximum atomic E-state index is 9.88. The van der Waals surface area contributed by atoms with Crippen molar-refractivity contribution in [1.82, 2.24) is 15.1 Å². The second kappa shape index (κ2) is 6.07. The molecule has 1 aliphatic heterocycles. The maximum absolute atomic E-state index is 9.88. The fourth-order valence-corrected chi connectivity index (χ4v) is 4.16. The van der Waals surface area contributed by atoms with E-state index < -0.39 is 12.2 Å². The van der Waals surface area contributed by atoms with E-state index in [9.17, 15) is 10.2 Å². The van der Waals surface area contributed by atoms with Gasteiger partial charge in [0.25, 0.3) is 0 Å². The lowest BCUT2D eigenvalue weighted by Crippen LogP contribution is -2.38. The number of nitrogens with zero attached hydrogens (tertiary/aromatic N) is 2. The van der Waals surface area contributed by atoms with Gasteiger partial charge in [-0.25, -0.2) is 0 Å². The van der Waals surface area contributed by atoms with Crippen LogP contribution in [0.15, 0.2) is 36.5 Å². The molecule has 1 aromatic carbocycles. The topological polar surface area (TPSA) is 72.4 Å². The number of aromatic amines is 1. The van der Waals surface area contributed by atoms with Gasteiger partial charge in [-0.15, -0.1) is 0 Å². The molecule has 2 aromatic rings. The number of benzene rings is 1. The van der Waals surface area contributed by atoms with Gasteiger partial charge in [0.05, 0.1) is 24.1 Å². The van der Waals surface area contributed by atoms with Crippen molar-refractivity contribution < 1.29 is 10.2 Å². The van der Waals surface area contributed by atoms with Gasteiger partial charge in [0, 0.05) is 25.2 Å². The standard InChI is InChI=1S/C18H23N3O2/c22-16-6-13-9-21(10-14(13)7-17(16)23)11-15-8-19-20-18(15)12-4-2-1-3-5-12/h1-5,8,13-14,16-17,22-23H,6-7,9-11H2,(H,19,20)/t13-,14+,16-,17-/m0/s1. The van der Waals surface area contributed by atoms with E-state index in [4.69, 9.17) is 0 Å². The van der Waals surface area contributed by atoms with Crippen LogP contribution >= 0.6 is 0 Å². The number of rotatable bonds is 3. The Morgan fingerprint density at radius 3 is 2.35 bits per heavy atom. The quantitative estimate of drug-likeness (QED) is 0.805. The minimum absolute atomic E-state index is 0.500. The van der Waals surface area contributed by atoms with Crippen molar-refractivity contribution in [3.63, 3.8) is 0 Å². The summed E-state index contributed by atoms with van der Waals surface area (Å²) < 4.78 is 0. The summed E-state index contributed by atoms with van der Waals surface area (Å²) in [5.74, 6) is 1.00. The molecule has 0 radical (unpaired) electrons. The Kier molecular flexibility index (Phi) is 3.93. The summed E-state index contributed by atoms with van der Waals surface area (Å²) in [4.78, 5) is 2.43. The van der Waals surface area contributed by atoms with E-state index in [1.807, 2.05) is 24.4 Å². The second-order valence-electron chi connectivity index (χ2n) is 6.96. The molecular formula is C18H23N3O2. The molecule has 2 fully saturated rings. The molecule has 0 spiro atoms. The lowest BCUT2D eigenvalue weighted by Gasteiger charge is -2.32. The highest BCUT2D eigenvalue weighted by atomic mass is 16.3. The molecule has 0 amide bonds. The van der Waals surface area contributed by atoms with Crippen molar-refractivity contribution in [3.8, 4) is 11.3 Å². The first-order valence-corrected chi connectivity index (χ1v) is 8.37. The van der Waals surface area contributed by atoms with Crippen molar-refractivity contribution in [2.75, 3.05) is 13.1 Å². The molecule has 23 heavy (non-hydrogen) atoms. The van der Waals surface area contributed by atoms with Crippen molar-refractivity contribution in [3.05, 3.63) is 42.1 Å². The molecule has 0 bridgehead atoms. The van der Waals surface area contributed by atoms with Crippen molar-refractivity contribution in [2.24, 2.45) is 11.8 Å². The minimum atomic E-state index is -0.551. The number of likely N-dealkylation sites (tertiary alicyclic amines) is 1. The highest BCUT2D eigenvalue weighted by molar-refractivity contribution is 5.62. The first-order valence-electron chi connectivity index (χ1n) is 8.37. The van der Waals surface area contributed by atoms with Gasteiger partial charge in [0.15, 0.2) is 0 Å². The van der Waals surface area contributed by atoms with Gasteiger partial charge in [0.1, 0.15) is 0 Å². The Morgan fingerprint density at radius 2 is 1.70 bits per heavy atom. The van der Waals surface area contributed by atoms with Crippen LogP contribution in [0.5, 0.6) is 0 Å². The number of aliphatic hydroxyl groups is 2. The third-order valence-corrected chi connectivity index (χ3v) is 5.36. The number of H-pyrrole nitrogens is 1. The summed E-state index contributed by atoms with van der Waals surface area (Å²) in [7, 11) is 0. The number of hydrogen-bond acceptors (Lipinski definition) is 4. The van der Waals surface area contributed by atoms with Gasteiger partial charge in [0.2, 0.25) is 0 Å². The molecule has 1 aromatic heterocycles. The average Bonchev–Trinajstić information content (AvgIpc) is 3.15. The molecule has 4 atom stereocenters. The van der Waals surface area contributed by atoms with Crippen LogP contribution in [0.3, 0.4) is 0 Å². The number of aliphatic hydroxyl groups excluding tert-OH is 2. The van der Waals surface area contributed by atoms with Gasteiger partial charge in [-0.2, -0.15) is 5.10 Å². The summed E-state index contributed by atoms with van der Waals surface area (Å²) >= 11 is 0. The minimum Gasteiger partial charge on any atom is -0.390 e. The second-order valence-corrected chi connectivity index (χ2v) is 6.96. The zero-order chi connectivity index (χ0) is 15.8. The molecule has 3 N–H and O–H groups in total. The molecule has 5 heteroatoms. The van der Waals surface area contributed by atoms with Gasteiger partial charge < -0.3 is 10.2 Å². The highest BCUT2D eigenvalue weighted by Gasteiger charge is 2.41. The Balaban J connectivity index is 1.47. The highest BCUT2D eigenvalue weighted by Crippen LogP contribution is 2.37. The zero-order valence-corrected chi connectivity index (χ0v) is 13.1. The molecule has 122 valence electrons. The fraction of sp³-hybridized carbons (Fsp3) is 0.500. The third-order valence-electron chi connectivity index (χ3n) is 5.36. The van der Waals surface area contributed by atoms with Crippen molar-refractivity contribution >= 4 is 0 Å². The Labute approximate surface area is 136 Å². The molecule has 2 heterocycles. The zero-order valence-electron chi connectivity index (χ0n) is 13.1. The van der Waals surface area contributed by atoms with E-state index in [-0.39, 0.29) is 0 Å². The van der Waals surface area contributed by atoms with Crippen LogP contribution in [0.1, 0.15) is 18.4 Å². The molecular weight excluding hydrogens is 290 g/mol. The first-order chi connectivity index (χ1) is 11.2. The molecule has 2 aliphatic rings. The average molecular weight is 313 g/mol. The molecule has 0 unspecified atom stereocenters. The van der Waals surface area contributed by atoms with Crippen LogP contribution in [0.4, 0.5) is 0 Å². The molecule has 1 saturated carbocycles. The largest absolute Gasteiger partial charge is 0.390 e. The molecule has 5 nitrogen and oxygen atoms in total. The van der Waals surface area contributed by atoms with Crippen molar-refractivity contribution in [1.29, 1.82) is 0 Å². The molecule has 1 saturated heterocycles. The van der Waals surface area contributed by atoms with E-state index >= 15 is 0 Å². The van der Waals surface area contributed by atoms with E-state index in [1.165, 1.54) is 5.56 Å². The van der Waals surface area contributed by atoms with E-state index in [2.05, 4.69) is 27.2 Å². The predicted octanol–water partition coefficient (Wildman–Crippen LogP) is 1.64. The summed E-state index contributed by atoms with van der Waals surface area (Å²) in [6.45, 7) is 2.85. The number of aromatic nitrogens is 2. The summed E-state index contributed by atoms with van der Waals surface area (Å²) in [6.07, 6.45) is 2.25. The van der Waals surface area contributed by atoms with E-state index in [0.717, 1.165) is 43.7 Å². The van der Waals surface area contributed by atoms with Crippen LogP contribution < -0.4 is 0 Å². The lowest BCUT2D eigenvalue weighted by molar-refractivity contribution is -0.0372. The van der Waals surface area contributed by atoms with Gasteiger partial charge in [-0.05, 0) is 30.2 Å². The van der Waals surface area contributed by atoms with Crippen LogP contribution in [0.2, 0.25) is 0 Å². The molecule has 1 aliphatic carbocycles. The van der Waals surface area contributed by atoms with Gasteiger partial charge >= 0.3 is 0 Å². The summed E-state index contributed by atoms with van der Waals surface area (Å²) in [6, 6.07) is 10.3. The van der Waals surface area contributed by atoms with Crippen LogP contribution in [-0.4, -0.2) is 50.6 Å². The normalized spacial score (nSPS) is 31.2. The van der Waals surface area contributed by atoms with Gasteiger partial charge in [-0.3, -0.25) is 10.00 Å². The Hall–Kier alpha value is -1.69. The van der Waals surface area contributed by atoms with Crippen LogP contribution in [0, 0.1) is 11.8 Å². The van der Waals surface area contributed by atoms with Crippen LogP contribution in [0.25, 0.3) is 11.3 Å². The number of nitrogens with one attached hydrogen (secondary N) is 1. The predicted molar refractivity (Wildman–Crippen MR) is 87.5 cm³/mol. The lowest BCUT2D eigenvalue weighted by atomic mass is 9.79. The Morgan fingerprint density at radius 1 is 1.04 bits per heavy atom. The summed E-state index contributed by atoms with van der Waals surface area (Å²) in [5.41, 5.74) is 3.44. The monoisotopic (exact) mass is 313 g/mol. The Bertz CT molecular complexity index is 639. The first kappa shape index (κ1) is 14.9. The van der Waals surface area contributed by atoms with E-state index in [0.29, 0.717) is 11.8 Å². The number of fused-ring (bicyclic) bond motifs is 1. The smallest absolute Gasteiger partial charge is 0.0802 e. The number of hydrogen-bond donors (Lipinski definition) is 3. The maximum Gasteiger partial charge on any atom is 0.0802 e. The van der Waals surface area contributed by atoms with Crippen molar-refractivity contribution in [2.45, 2.75) is 31.6 Å². The van der Waals surface area contributed by atoms with Crippen LogP contribution in [-0.2, 0) is 6.54 Å². The molecule has 4 rings (SSSR count). The summed E-state index contributed by atoms with van der Waals surface area (Å²) in [5, 5.41) is 27.1. The van der Waals surface area contributed by atoms with Gasteiger partial charge in [-0.1, -0.05) is 30.3 Å². The fourth-order valence-electron chi connectivity index (χ4n) is 4.16. The SMILES string of the molecule is O[C@H]1C[C@@H]2CN(Cc3cn[nH]c3-c3ccccc3)C[C@@H]2C[C@@H]1O.